The zero-order chi connectivity index (χ0) is 12.4. The molecule has 0 spiro atoms. The third-order valence-corrected chi connectivity index (χ3v) is 5.00. The fourth-order valence-corrected chi connectivity index (χ4v) is 3.05. The van der Waals surface area contributed by atoms with E-state index in [2.05, 4.69) is 36.8 Å². The van der Waals surface area contributed by atoms with Gasteiger partial charge in [-0.2, -0.15) is 0 Å². The Morgan fingerprint density at radius 2 is 2.12 bits per heavy atom. The van der Waals surface area contributed by atoms with Crippen LogP contribution >= 0.6 is 22.9 Å². The van der Waals surface area contributed by atoms with Gasteiger partial charge in [-0.05, 0) is 18.9 Å². The molecule has 92 valence electrons. The molecule has 2 aromatic heterocycles. The van der Waals surface area contributed by atoms with Gasteiger partial charge in [0.15, 0.2) is 0 Å². The van der Waals surface area contributed by atoms with Gasteiger partial charge in [0.2, 0.25) is 0 Å². The monoisotopic (exact) mass is 268 g/mol. The molecular weight excluding hydrogens is 252 g/mol. The van der Waals surface area contributed by atoms with E-state index >= 15 is 0 Å². The van der Waals surface area contributed by atoms with Crippen molar-refractivity contribution in [2.45, 2.75) is 44.9 Å². The van der Waals surface area contributed by atoms with Crippen molar-refractivity contribution in [2.75, 3.05) is 0 Å². The van der Waals surface area contributed by atoms with Crippen LogP contribution in [0.3, 0.4) is 0 Å². The average molecular weight is 269 g/mol. The zero-order valence-corrected chi connectivity index (χ0v) is 12.0. The van der Waals surface area contributed by atoms with E-state index in [1.807, 2.05) is 0 Å². The molecule has 0 saturated heterocycles. The molecule has 0 aromatic carbocycles. The largest absolute Gasteiger partial charge is 0.240 e. The molecule has 2 nitrogen and oxygen atoms in total. The van der Waals surface area contributed by atoms with Gasteiger partial charge in [-0.1, -0.05) is 20.8 Å². The number of rotatable bonds is 4. The zero-order valence-electron chi connectivity index (χ0n) is 10.4. The van der Waals surface area contributed by atoms with Gasteiger partial charge in [0, 0.05) is 21.6 Å². The van der Waals surface area contributed by atoms with Crippen LogP contribution in [-0.2, 0) is 6.42 Å². The van der Waals surface area contributed by atoms with Crippen molar-refractivity contribution in [3.63, 3.8) is 0 Å². The minimum absolute atomic E-state index is 0.137. The maximum absolute atomic E-state index is 6.33. The number of aryl methyl sites for hydroxylation is 1. The molecule has 4 heteroatoms. The predicted molar refractivity (Wildman–Crippen MR) is 75.1 cm³/mol. The number of halogens is 1. The van der Waals surface area contributed by atoms with Crippen LogP contribution in [0.2, 0.25) is 0 Å². The summed E-state index contributed by atoms with van der Waals surface area (Å²) >= 11 is 8.09. The lowest BCUT2D eigenvalue weighted by atomic mass is 9.99. The molecule has 17 heavy (non-hydrogen) atoms. The number of hydrogen-bond donors (Lipinski definition) is 0. The minimum atomic E-state index is 0.137. The summed E-state index contributed by atoms with van der Waals surface area (Å²) < 4.78 is 0. The lowest BCUT2D eigenvalue weighted by Gasteiger charge is -2.16. The quantitative estimate of drug-likeness (QED) is 0.770. The molecule has 0 aliphatic heterocycles. The topological polar surface area (TPSA) is 25.8 Å². The van der Waals surface area contributed by atoms with Crippen LogP contribution in [0.15, 0.2) is 12.4 Å². The molecule has 2 rings (SSSR count). The summed E-state index contributed by atoms with van der Waals surface area (Å²) in [7, 11) is 0. The van der Waals surface area contributed by atoms with Crippen LogP contribution in [0, 0.1) is 0 Å². The minimum Gasteiger partial charge on any atom is -0.240 e. The van der Waals surface area contributed by atoms with Crippen LogP contribution in [0.4, 0.5) is 0 Å². The summed E-state index contributed by atoms with van der Waals surface area (Å²) in [5.41, 5.74) is 1.09. The fourth-order valence-electron chi connectivity index (χ4n) is 1.99. The van der Waals surface area contributed by atoms with E-state index in [0.717, 1.165) is 23.4 Å². The van der Waals surface area contributed by atoms with E-state index in [1.165, 1.54) is 10.3 Å². The standard InChI is InChI=1S/C13H17ClN2S/c1-4-9-6-10-12(8(3)11(14)5-2)15-7-16-13(10)17-9/h6-8,11H,4-5H2,1-3H3. The number of aromatic nitrogens is 2. The third-order valence-electron chi connectivity index (χ3n) is 3.12. The molecule has 2 heterocycles. The number of alkyl halides is 1. The van der Waals surface area contributed by atoms with E-state index in [4.69, 9.17) is 11.6 Å². The van der Waals surface area contributed by atoms with Crippen molar-refractivity contribution >= 4 is 33.2 Å². The van der Waals surface area contributed by atoms with Crippen molar-refractivity contribution in [2.24, 2.45) is 0 Å². The van der Waals surface area contributed by atoms with Crippen molar-refractivity contribution in [3.8, 4) is 0 Å². The Morgan fingerprint density at radius 1 is 1.35 bits per heavy atom. The van der Waals surface area contributed by atoms with E-state index in [0.29, 0.717) is 0 Å². The molecular formula is C13H17ClN2S. The predicted octanol–water partition coefficient (Wildman–Crippen LogP) is 4.37. The maximum Gasteiger partial charge on any atom is 0.127 e. The number of hydrogen-bond acceptors (Lipinski definition) is 3. The highest BCUT2D eigenvalue weighted by Gasteiger charge is 2.19. The van der Waals surface area contributed by atoms with Gasteiger partial charge >= 0.3 is 0 Å². The van der Waals surface area contributed by atoms with E-state index in [9.17, 15) is 0 Å². The molecule has 2 atom stereocenters. The lowest BCUT2D eigenvalue weighted by Crippen LogP contribution is -2.10. The first-order chi connectivity index (χ1) is 8.17. The van der Waals surface area contributed by atoms with Gasteiger partial charge in [0.1, 0.15) is 11.2 Å². The van der Waals surface area contributed by atoms with Gasteiger partial charge in [0.05, 0.1) is 5.69 Å². The number of nitrogens with zero attached hydrogens (tertiary/aromatic N) is 2. The first-order valence-corrected chi connectivity index (χ1v) is 7.30. The highest BCUT2D eigenvalue weighted by Crippen LogP contribution is 2.32. The smallest absolute Gasteiger partial charge is 0.127 e. The SMILES string of the molecule is CCc1cc2c(C(C)C(Cl)CC)ncnc2s1. The molecule has 0 aliphatic carbocycles. The third kappa shape index (κ3) is 2.45. The molecule has 0 fully saturated rings. The van der Waals surface area contributed by atoms with Crippen LogP contribution in [0.25, 0.3) is 10.2 Å². The summed E-state index contributed by atoms with van der Waals surface area (Å²) in [6.07, 6.45) is 3.66. The second-order valence-electron chi connectivity index (χ2n) is 4.26. The van der Waals surface area contributed by atoms with Crippen molar-refractivity contribution in [1.29, 1.82) is 0 Å². The second kappa shape index (κ2) is 5.32. The number of thiophene rings is 1. The average Bonchev–Trinajstić information content (AvgIpc) is 2.79. The second-order valence-corrected chi connectivity index (χ2v) is 5.93. The first kappa shape index (κ1) is 12.8. The highest BCUT2D eigenvalue weighted by molar-refractivity contribution is 7.18. The Morgan fingerprint density at radius 3 is 2.76 bits per heavy atom. The van der Waals surface area contributed by atoms with E-state index < -0.39 is 0 Å². The summed E-state index contributed by atoms with van der Waals surface area (Å²) in [4.78, 5) is 11.2. The Hall–Kier alpha value is -0.670. The van der Waals surface area contributed by atoms with Crippen LogP contribution in [0.5, 0.6) is 0 Å². The Balaban J connectivity index is 2.49. The molecule has 0 bridgehead atoms. The van der Waals surface area contributed by atoms with E-state index in [-0.39, 0.29) is 11.3 Å². The molecule has 0 aliphatic rings. The summed E-state index contributed by atoms with van der Waals surface area (Å²) in [6.45, 7) is 6.42. The maximum atomic E-state index is 6.33. The normalized spacial score (nSPS) is 15.1. The molecule has 0 radical (unpaired) electrons. The van der Waals surface area contributed by atoms with Crippen molar-refractivity contribution in [1.82, 2.24) is 9.97 Å². The molecule has 2 unspecified atom stereocenters. The van der Waals surface area contributed by atoms with Gasteiger partial charge in [-0.15, -0.1) is 22.9 Å². The Kier molecular flexibility index (Phi) is 4.00. The fraction of sp³-hybridized carbons (Fsp3) is 0.538. The summed E-state index contributed by atoms with van der Waals surface area (Å²) in [5.74, 6) is 0.270. The van der Waals surface area contributed by atoms with E-state index in [1.54, 1.807) is 17.7 Å². The van der Waals surface area contributed by atoms with Crippen LogP contribution in [0.1, 0.15) is 43.7 Å². The van der Waals surface area contributed by atoms with Crippen LogP contribution in [-0.4, -0.2) is 15.3 Å². The summed E-state index contributed by atoms with van der Waals surface area (Å²) in [6, 6.07) is 2.21. The lowest BCUT2D eigenvalue weighted by molar-refractivity contribution is 0.661. The first-order valence-electron chi connectivity index (χ1n) is 6.04. The van der Waals surface area contributed by atoms with Crippen LogP contribution < -0.4 is 0 Å². The van der Waals surface area contributed by atoms with Crippen molar-refractivity contribution in [3.05, 3.63) is 23.0 Å². The molecule has 0 amide bonds. The van der Waals surface area contributed by atoms with Gasteiger partial charge in [0.25, 0.3) is 0 Å². The van der Waals surface area contributed by atoms with Gasteiger partial charge < -0.3 is 0 Å². The van der Waals surface area contributed by atoms with Crippen molar-refractivity contribution < 1.29 is 0 Å². The molecule has 2 aromatic rings. The Labute approximate surface area is 111 Å². The van der Waals surface area contributed by atoms with Gasteiger partial charge in [-0.25, -0.2) is 9.97 Å². The number of fused-ring (bicyclic) bond motifs is 1. The highest BCUT2D eigenvalue weighted by atomic mass is 35.5. The summed E-state index contributed by atoms with van der Waals surface area (Å²) in [5, 5.41) is 1.32. The molecule has 0 saturated carbocycles. The Bertz CT molecular complexity index is 509. The van der Waals surface area contributed by atoms with Gasteiger partial charge in [-0.3, -0.25) is 0 Å². The molecule has 0 N–H and O–H groups in total.